The lowest BCUT2D eigenvalue weighted by molar-refractivity contribution is 0.302. The quantitative estimate of drug-likeness (QED) is 0.168. The van der Waals surface area contributed by atoms with Gasteiger partial charge in [0.2, 0.25) is 0 Å². The molecule has 0 bridgehead atoms. The minimum Gasteiger partial charge on any atom is -0.454 e. The van der Waals surface area contributed by atoms with Crippen LogP contribution in [0.4, 0.5) is 22.0 Å². The molecular weight excluding hydrogens is 471 g/mol. The molecule has 0 amide bonds. The summed E-state index contributed by atoms with van der Waals surface area (Å²) in [4.78, 5) is 0. The van der Waals surface area contributed by atoms with Crippen LogP contribution < -0.4 is 4.74 Å². The fourth-order valence-corrected chi connectivity index (χ4v) is 4.99. The van der Waals surface area contributed by atoms with Crippen molar-refractivity contribution in [3.05, 3.63) is 83.2 Å². The Bertz CT molecular complexity index is 1140. The molecule has 194 valence electrons. The molecule has 3 aromatic rings. The van der Waals surface area contributed by atoms with E-state index in [0.717, 1.165) is 37.2 Å². The highest BCUT2D eigenvalue weighted by Gasteiger charge is 2.24. The lowest BCUT2D eigenvalue weighted by Crippen LogP contribution is -2.13. The zero-order valence-corrected chi connectivity index (χ0v) is 19.7. The van der Waals surface area contributed by atoms with Crippen molar-refractivity contribution >= 4 is 0 Å². The minimum atomic E-state index is -1.64. The monoisotopic (exact) mass is 504 g/mol. The number of ether oxygens (including phenoxy) is 1. The molecule has 0 heterocycles. The maximum atomic E-state index is 15.2. The molecular formula is C30H33F5O. The first-order valence-corrected chi connectivity index (χ1v) is 12.3. The third-order valence-electron chi connectivity index (χ3n) is 6.97. The molecule has 1 saturated carbocycles. The fourth-order valence-electron chi connectivity index (χ4n) is 4.99. The summed E-state index contributed by atoms with van der Waals surface area (Å²) < 4.78 is 75.7. The summed E-state index contributed by atoms with van der Waals surface area (Å²) in [7, 11) is 0. The minimum absolute atomic E-state index is 0. The number of rotatable bonds is 8. The Balaban J connectivity index is 0.00000361. The predicted molar refractivity (Wildman–Crippen MR) is 134 cm³/mol. The van der Waals surface area contributed by atoms with E-state index < -0.39 is 34.8 Å². The van der Waals surface area contributed by atoms with E-state index in [1.54, 1.807) is 6.07 Å². The molecule has 1 aliphatic carbocycles. The largest absolute Gasteiger partial charge is 0.454 e. The molecule has 1 fully saturated rings. The normalized spacial score (nSPS) is 17.5. The van der Waals surface area contributed by atoms with Crippen molar-refractivity contribution in [1.29, 1.82) is 0 Å². The Kier molecular flexibility index (Phi) is 9.52. The molecule has 0 saturated heterocycles. The van der Waals surface area contributed by atoms with Crippen LogP contribution >= 0.6 is 0 Å². The summed E-state index contributed by atoms with van der Waals surface area (Å²) >= 11 is 0. The van der Waals surface area contributed by atoms with Gasteiger partial charge in [0, 0.05) is 23.3 Å². The van der Waals surface area contributed by atoms with Crippen LogP contribution in [0.1, 0.15) is 77.2 Å². The van der Waals surface area contributed by atoms with Crippen LogP contribution in [0.3, 0.4) is 0 Å². The summed E-state index contributed by atoms with van der Waals surface area (Å²) in [6, 6.07) is 10.3. The number of halogens is 5. The van der Waals surface area contributed by atoms with Crippen molar-refractivity contribution in [3.63, 3.8) is 0 Å². The smallest absolute Gasteiger partial charge is 0.194 e. The molecule has 3 aromatic carbocycles. The van der Waals surface area contributed by atoms with Crippen molar-refractivity contribution in [2.75, 3.05) is 0 Å². The predicted octanol–water partition coefficient (Wildman–Crippen LogP) is 10.3. The van der Waals surface area contributed by atoms with Gasteiger partial charge in [0.15, 0.2) is 29.0 Å². The fraction of sp³-hybridized carbons (Fsp3) is 0.400. The topological polar surface area (TPSA) is 9.23 Å². The van der Waals surface area contributed by atoms with Crippen LogP contribution in [0.25, 0.3) is 11.1 Å². The maximum Gasteiger partial charge on any atom is 0.194 e. The second-order valence-corrected chi connectivity index (χ2v) is 9.37. The van der Waals surface area contributed by atoms with Crippen LogP contribution in [0.2, 0.25) is 0 Å². The molecule has 0 aliphatic heterocycles. The summed E-state index contributed by atoms with van der Waals surface area (Å²) in [5, 5.41) is 0. The average molecular weight is 505 g/mol. The van der Waals surface area contributed by atoms with Crippen LogP contribution in [0, 0.1) is 35.0 Å². The third kappa shape index (κ3) is 6.26. The van der Waals surface area contributed by atoms with Crippen molar-refractivity contribution in [2.24, 2.45) is 5.92 Å². The molecule has 0 atom stereocenters. The van der Waals surface area contributed by atoms with E-state index in [1.807, 2.05) is 6.07 Å². The van der Waals surface area contributed by atoms with Gasteiger partial charge in [-0.2, -0.15) is 0 Å². The zero-order chi connectivity index (χ0) is 24.9. The average Bonchev–Trinajstić information content (AvgIpc) is 2.85. The molecule has 0 radical (unpaired) electrons. The Morgan fingerprint density at radius 3 is 2.08 bits per heavy atom. The first-order chi connectivity index (χ1) is 16.9. The van der Waals surface area contributed by atoms with Crippen LogP contribution in [0.5, 0.6) is 11.5 Å². The Labute approximate surface area is 210 Å². The summed E-state index contributed by atoms with van der Waals surface area (Å²) in [5.74, 6) is -5.67. The number of hydrogen-bond donors (Lipinski definition) is 0. The standard InChI is InChI=1S/C29H29F5O.CH4/c1-2-3-4-6-18-9-11-19(12-10-18)20-13-14-22(24(30)15-20)23-7-5-8-27(28(23)33)35-21-16-25(31)29(34)26(32)17-21;/h5,7-8,13-19H,2-4,6,9-12H2,1H3;1H4/t18-,19-;. The molecule has 6 heteroatoms. The van der Waals surface area contributed by atoms with E-state index in [4.69, 9.17) is 4.74 Å². The van der Waals surface area contributed by atoms with E-state index in [9.17, 15) is 13.2 Å². The first kappa shape index (κ1) is 27.7. The van der Waals surface area contributed by atoms with E-state index in [2.05, 4.69) is 6.92 Å². The van der Waals surface area contributed by atoms with Crippen LogP contribution in [-0.2, 0) is 0 Å². The van der Waals surface area contributed by atoms with Crippen LogP contribution in [0.15, 0.2) is 48.5 Å². The Morgan fingerprint density at radius 2 is 1.44 bits per heavy atom. The second kappa shape index (κ2) is 12.4. The van der Waals surface area contributed by atoms with Crippen molar-refractivity contribution < 1.29 is 26.7 Å². The summed E-state index contributed by atoms with van der Waals surface area (Å²) in [5.41, 5.74) is 0.957. The van der Waals surface area contributed by atoms with Crippen molar-refractivity contribution in [2.45, 2.75) is 71.6 Å². The van der Waals surface area contributed by atoms with E-state index in [1.165, 1.54) is 49.9 Å². The number of benzene rings is 3. The number of hydrogen-bond acceptors (Lipinski definition) is 1. The Hall–Kier alpha value is -2.89. The van der Waals surface area contributed by atoms with E-state index in [0.29, 0.717) is 18.1 Å². The van der Waals surface area contributed by atoms with Gasteiger partial charge in [-0.15, -0.1) is 0 Å². The van der Waals surface area contributed by atoms with Gasteiger partial charge in [-0.1, -0.05) is 64.3 Å². The lowest BCUT2D eigenvalue weighted by Gasteiger charge is -2.29. The molecule has 0 N–H and O–H groups in total. The first-order valence-electron chi connectivity index (χ1n) is 12.3. The zero-order valence-electron chi connectivity index (χ0n) is 19.7. The molecule has 4 rings (SSSR count). The van der Waals surface area contributed by atoms with E-state index in [-0.39, 0.29) is 24.3 Å². The van der Waals surface area contributed by atoms with Crippen LogP contribution in [-0.4, -0.2) is 0 Å². The van der Waals surface area contributed by atoms with Crippen molar-refractivity contribution in [1.82, 2.24) is 0 Å². The second-order valence-electron chi connectivity index (χ2n) is 9.37. The van der Waals surface area contributed by atoms with Gasteiger partial charge < -0.3 is 4.74 Å². The van der Waals surface area contributed by atoms with E-state index >= 15 is 8.78 Å². The van der Waals surface area contributed by atoms with Gasteiger partial charge in [0.25, 0.3) is 0 Å². The van der Waals surface area contributed by atoms with Gasteiger partial charge in [0.05, 0.1) is 0 Å². The highest BCUT2D eigenvalue weighted by atomic mass is 19.2. The molecule has 1 nitrogen and oxygen atoms in total. The van der Waals surface area contributed by atoms with Gasteiger partial charge in [-0.25, -0.2) is 22.0 Å². The Morgan fingerprint density at radius 1 is 0.750 bits per heavy atom. The highest BCUT2D eigenvalue weighted by molar-refractivity contribution is 5.67. The SMILES string of the molecule is C.CCCCC[C@H]1CC[C@H](c2ccc(-c3cccc(Oc4cc(F)c(F)c(F)c4)c3F)c(F)c2)CC1. The maximum absolute atomic E-state index is 15.2. The van der Waals surface area contributed by atoms with Gasteiger partial charge >= 0.3 is 0 Å². The van der Waals surface area contributed by atoms with Gasteiger partial charge in [0.1, 0.15) is 11.6 Å². The molecule has 36 heavy (non-hydrogen) atoms. The summed E-state index contributed by atoms with van der Waals surface area (Å²) in [6.07, 6.45) is 9.38. The van der Waals surface area contributed by atoms with Crippen molar-refractivity contribution in [3.8, 4) is 22.6 Å². The third-order valence-corrected chi connectivity index (χ3v) is 6.97. The highest BCUT2D eigenvalue weighted by Crippen LogP contribution is 2.40. The molecule has 0 aromatic heterocycles. The molecule has 0 unspecified atom stereocenters. The number of unbranched alkanes of at least 4 members (excludes halogenated alkanes) is 2. The molecule has 1 aliphatic rings. The molecule has 0 spiro atoms. The lowest BCUT2D eigenvalue weighted by atomic mass is 9.77. The summed E-state index contributed by atoms with van der Waals surface area (Å²) in [6.45, 7) is 2.21. The van der Waals surface area contributed by atoms with Gasteiger partial charge in [-0.05, 0) is 55.2 Å². The van der Waals surface area contributed by atoms with Gasteiger partial charge in [-0.3, -0.25) is 0 Å².